The molecule has 5 heteroatoms. The van der Waals surface area contributed by atoms with E-state index >= 15 is 0 Å². The third-order valence-corrected chi connectivity index (χ3v) is 3.55. The van der Waals surface area contributed by atoms with E-state index in [1.807, 2.05) is 0 Å². The van der Waals surface area contributed by atoms with Crippen LogP contribution in [-0.2, 0) is 10.2 Å². The Bertz CT molecular complexity index is 659. The highest BCUT2D eigenvalue weighted by molar-refractivity contribution is 6.35. The Kier molecular flexibility index (Phi) is 3.68. The van der Waals surface area contributed by atoms with Crippen LogP contribution in [0.1, 0.15) is 35.5 Å². The first-order chi connectivity index (χ1) is 9.35. The summed E-state index contributed by atoms with van der Waals surface area (Å²) in [6, 6.07) is 8.63. The van der Waals surface area contributed by atoms with Gasteiger partial charge in [0.05, 0.1) is 10.6 Å². The Morgan fingerprint density at radius 1 is 1.20 bits per heavy atom. The largest absolute Gasteiger partial charge is 0.481 e. The SMILES string of the molecule is CC(C)(C(=O)O)c1[nH]cc(Cl)c1C(=O)c1ccccc1. The number of carboxylic acids is 1. The number of aliphatic carboxylic acids is 1. The number of nitrogens with one attached hydrogen (secondary N) is 1. The normalized spacial score (nSPS) is 11.3. The van der Waals surface area contributed by atoms with Crippen molar-refractivity contribution >= 4 is 23.4 Å². The average molecular weight is 292 g/mol. The maximum absolute atomic E-state index is 12.5. The van der Waals surface area contributed by atoms with Gasteiger partial charge in [-0.3, -0.25) is 9.59 Å². The third-order valence-electron chi connectivity index (χ3n) is 3.25. The maximum atomic E-state index is 12.5. The summed E-state index contributed by atoms with van der Waals surface area (Å²) in [7, 11) is 0. The lowest BCUT2D eigenvalue weighted by Crippen LogP contribution is -2.31. The van der Waals surface area contributed by atoms with Gasteiger partial charge in [0.2, 0.25) is 0 Å². The molecule has 0 aliphatic rings. The van der Waals surface area contributed by atoms with Crippen molar-refractivity contribution in [1.82, 2.24) is 4.98 Å². The zero-order valence-corrected chi connectivity index (χ0v) is 11.9. The summed E-state index contributed by atoms with van der Waals surface area (Å²) in [5.41, 5.74) is -0.238. The lowest BCUT2D eigenvalue weighted by molar-refractivity contribution is -0.142. The van der Waals surface area contributed by atoms with E-state index in [0.29, 0.717) is 11.3 Å². The number of ketones is 1. The molecule has 0 saturated carbocycles. The number of rotatable bonds is 4. The van der Waals surface area contributed by atoms with Crippen LogP contribution in [0.25, 0.3) is 0 Å². The number of hydrogen-bond donors (Lipinski definition) is 2. The molecule has 2 aromatic rings. The van der Waals surface area contributed by atoms with Gasteiger partial charge in [-0.2, -0.15) is 0 Å². The molecule has 104 valence electrons. The molecule has 1 heterocycles. The summed E-state index contributed by atoms with van der Waals surface area (Å²) in [5.74, 6) is -1.32. The van der Waals surface area contributed by atoms with Gasteiger partial charge in [0.15, 0.2) is 5.78 Å². The molecule has 0 saturated heterocycles. The van der Waals surface area contributed by atoms with Crippen molar-refractivity contribution in [2.45, 2.75) is 19.3 Å². The Labute approximate surface area is 121 Å². The number of carbonyl (C=O) groups excluding carboxylic acids is 1. The van der Waals surface area contributed by atoms with Crippen LogP contribution in [0.3, 0.4) is 0 Å². The maximum Gasteiger partial charge on any atom is 0.315 e. The summed E-state index contributed by atoms with van der Waals surface area (Å²) in [6.07, 6.45) is 1.44. The summed E-state index contributed by atoms with van der Waals surface area (Å²) < 4.78 is 0. The van der Waals surface area contributed by atoms with Gasteiger partial charge < -0.3 is 10.1 Å². The summed E-state index contributed by atoms with van der Waals surface area (Å²) in [5, 5.41) is 9.53. The monoisotopic (exact) mass is 291 g/mol. The molecule has 2 N–H and O–H groups in total. The van der Waals surface area contributed by atoms with E-state index < -0.39 is 11.4 Å². The highest BCUT2D eigenvalue weighted by Gasteiger charge is 2.36. The highest BCUT2D eigenvalue weighted by Crippen LogP contribution is 2.32. The molecular weight excluding hydrogens is 278 g/mol. The molecule has 0 aliphatic heterocycles. The molecule has 2 rings (SSSR count). The molecule has 0 aliphatic carbocycles. The first kappa shape index (κ1) is 14.3. The lowest BCUT2D eigenvalue weighted by Gasteiger charge is -2.19. The smallest absolute Gasteiger partial charge is 0.315 e. The number of aromatic amines is 1. The van der Waals surface area contributed by atoms with Crippen LogP contribution in [0, 0.1) is 0 Å². The van der Waals surface area contributed by atoms with Crippen LogP contribution in [0.2, 0.25) is 5.02 Å². The minimum atomic E-state index is -1.23. The van der Waals surface area contributed by atoms with Crippen molar-refractivity contribution in [2.75, 3.05) is 0 Å². The quantitative estimate of drug-likeness (QED) is 0.849. The molecule has 0 fully saturated rings. The second kappa shape index (κ2) is 5.13. The Balaban J connectivity index is 2.56. The van der Waals surface area contributed by atoms with Crippen molar-refractivity contribution in [3.05, 3.63) is 58.4 Å². The second-order valence-electron chi connectivity index (χ2n) is 5.01. The lowest BCUT2D eigenvalue weighted by atomic mass is 9.85. The van der Waals surface area contributed by atoms with Crippen molar-refractivity contribution in [2.24, 2.45) is 0 Å². The number of carbonyl (C=O) groups is 2. The van der Waals surface area contributed by atoms with E-state index in [1.165, 1.54) is 20.0 Å². The first-order valence-corrected chi connectivity index (χ1v) is 6.44. The molecule has 4 nitrogen and oxygen atoms in total. The van der Waals surface area contributed by atoms with Gasteiger partial charge in [-0.25, -0.2) is 0 Å². The van der Waals surface area contributed by atoms with Gasteiger partial charge in [-0.15, -0.1) is 0 Å². The topological polar surface area (TPSA) is 70.2 Å². The van der Waals surface area contributed by atoms with E-state index in [9.17, 15) is 14.7 Å². The van der Waals surface area contributed by atoms with Crippen LogP contribution in [0.5, 0.6) is 0 Å². The van der Waals surface area contributed by atoms with E-state index in [0.717, 1.165) is 0 Å². The fourth-order valence-electron chi connectivity index (χ4n) is 1.95. The van der Waals surface area contributed by atoms with Gasteiger partial charge in [0.25, 0.3) is 0 Å². The molecular formula is C15H14ClNO3. The molecule has 0 atom stereocenters. The van der Waals surface area contributed by atoms with E-state index in [2.05, 4.69) is 4.98 Å². The number of aromatic nitrogens is 1. The molecule has 1 aromatic heterocycles. The molecule has 0 radical (unpaired) electrons. The number of H-pyrrole nitrogens is 1. The second-order valence-corrected chi connectivity index (χ2v) is 5.42. The van der Waals surface area contributed by atoms with E-state index in [4.69, 9.17) is 11.6 Å². The molecule has 0 amide bonds. The summed E-state index contributed by atoms with van der Waals surface area (Å²) in [6.45, 7) is 3.05. The summed E-state index contributed by atoms with van der Waals surface area (Å²) in [4.78, 5) is 26.7. The zero-order chi connectivity index (χ0) is 14.9. The van der Waals surface area contributed by atoms with Gasteiger partial charge in [-0.05, 0) is 13.8 Å². The molecule has 0 unspecified atom stereocenters. The predicted molar refractivity (Wildman–Crippen MR) is 76.3 cm³/mol. The van der Waals surface area contributed by atoms with Crippen molar-refractivity contribution in [3.8, 4) is 0 Å². The summed E-state index contributed by atoms with van der Waals surface area (Å²) >= 11 is 6.06. The van der Waals surface area contributed by atoms with Crippen molar-refractivity contribution in [3.63, 3.8) is 0 Å². The fraction of sp³-hybridized carbons (Fsp3) is 0.200. The number of benzene rings is 1. The van der Waals surface area contributed by atoms with Crippen LogP contribution in [-0.4, -0.2) is 21.8 Å². The number of halogens is 1. The zero-order valence-electron chi connectivity index (χ0n) is 11.1. The minimum Gasteiger partial charge on any atom is -0.481 e. The Hall–Kier alpha value is -2.07. The van der Waals surface area contributed by atoms with E-state index in [1.54, 1.807) is 30.3 Å². The van der Waals surface area contributed by atoms with Gasteiger partial charge >= 0.3 is 5.97 Å². The molecule has 1 aromatic carbocycles. The number of hydrogen-bond acceptors (Lipinski definition) is 2. The standard InChI is InChI=1S/C15H14ClNO3/c1-15(2,14(19)20)13-11(10(16)8-17-13)12(18)9-6-4-3-5-7-9/h3-8,17H,1-2H3,(H,19,20). The average Bonchev–Trinajstić information content (AvgIpc) is 2.81. The third kappa shape index (κ3) is 2.34. The molecule has 0 bridgehead atoms. The minimum absolute atomic E-state index is 0.213. The van der Waals surface area contributed by atoms with Crippen LogP contribution >= 0.6 is 11.6 Å². The van der Waals surface area contributed by atoms with E-state index in [-0.39, 0.29) is 16.4 Å². The van der Waals surface area contributed by atoms with Crippen molar-refractivity contribution in [1.29, 1.82) is 0 Å². The van der Waals surface area contributed by atoms with Crippen LogP contribution in [0.15, 0.2) is 36.5 Å². The molecule has 20 heavy (non-hydrogen) atoms. The first-order valence-electron chi connectivity index (χ1n) is 6.06. The number of carboxylic acid groups (broad SMARTS) is 1. The van der Waals surface area contributed by atoms with Crippen molar-refractivity contribution < 1.29 is 14.7 Å². The Morgan fingerprint density at radius 3 is 2.35 bits per heavy atom. The van der Waals surface area contributed by atoms with Crippen LogP contribution < -0.4 is 0 Å². The highest BCUT2D eigenvalue weighted by atomic mass is 35.5. The fourth-order valence-corrected chi connectivity index (χ4v) is 2.19. The van der Waals surface area contributed by atoms with Gasteiger partial charge in [0, 0.05) is 17.5 Å². The van der Waals surface area contributed by atoms with Crippen LogP contribution in [0.4, 0.5) is 0 Å². The predicted octanol–water partition coefficient (Wildman–Crippen LogP) is 3.26. The Morgan fingerprint density at radius 2 is 1.80 bits per heavy atom. The van der Waals surface area contributed by atoms with Gasteiger partial charge in [0.1, 0.15) is 5.41 Å². The van der Waals surface area contributed by atoms with Gasteiger partial charge in [-0.1, -0.05) is 41.9 Å². The molecule has 0 spiro atoms.